The van der Waals surface area contributed by atoms with Gasteiger partial charge in [-0.25, -0.2) is 13.1 Å². The van der Waals surface area contributed by atoms with Crippen molar-refractivity contribution in [2.45, 2.75) is 17.7 Å². The highest BCUT2D eigenvalue weighted by Crippen LogP contribution is 2.55. The Labute approximate surface area is 271 Å². The molecule has 5 nitrogen and oxygen atoms in total. The third-order valence-electron chi connectivity index (χ3n) is 7.38. The van der Waals surface area contributed by atoms with Gasteiger partial charge in [0, 0.05) is 13.0 Å². The van der Waals surface area contributed by atoms with Crippen LogP contribution in [0.5, 0.6) is 0 Å². The summed E-state index contributed by atoms with van der Waals surface area (Å²) >= 11 is 0. The summed E-state index contributed by atoms with van der Waals surface area (Å²) in [4.78, 5) is 12.7. The summed E-state index contributed by atoms with van der Waals surface area (Å²) in [6.45, 7) is 0.234. The minimum absolute atomic E-state index is 0. The minimum Gasteiger partial charge on any atom is -1.00 e. The highest BCUT2D eigenvalue weighted by atomic mass is 79.9. The molecule has 0 saturated heterocycles. The lowest BCUT2D eigenvalue weighted by Crippen LogP contribution is -3.00. The molecule has 0 radical (unpaired) electrons. The second-order valence-electron chi connectivity index (χ2n) is 10.2. The van der Waals surface area contributed by atoms with Gasteiger partial charge in [-0.3, -0.25) is 4.79 Å². The van der Waals surface area contributed by atoms with Crippen LogP contribution in [-0.2, 0) is 19.6 Å². The molecule has 226 valence electrons. The number of esters is 1. The van der Waals surface area contributed by atoms with Crippen LogP contribution in [0, 0.1) is 0 Å². The summed E-state index contributed by atoms with van der Waals surface area (Å²) in [5.74, 6) is -0.426. The van der Waals surface area contributed by atoms with E-state index in [1.165, 1.54) is 15.9 Å². The second-order valence-corrected chi connectivity index (χ2v) is 15.5. The zero-order chi connectivity index (χ0) is 30.0. The number of sulfonamides is 1. The predicted molar refractivity (Wildman–Crippen MR) is 177 cm³/mol. The van der Waals surface area contributed by atoms with Crippen LogP contribution < -0.4 is 37.6 Å². The molecule has 0 bridgehead atoms. The maximum Gasteiger partial charge on any atom is 0.307 e. The maximum absolute atomic E-state index is 12.8. The molecule has 5 aromatic rings. The number of ether oxygens (including phenoxy) is 1. The number of hydrogen-bond donors (Lipinski definition) is 1. The number of carbonyl (C=O) groups is 1. The molecule has 0 aliphatic heterocycles. The van der Waals surface area contributed by atoms with E-state index in [-0.39, 0.29) is 41.4 Å². The number of halogens is 1. The molecular formula is C36H35BrNO4PS. The van der Waals surface area contributed by atoms with Crippen LogP contribution in [-0.4, -0.2) is 33.7 Å². The molecule has 0 heterocycles. The Morgan fingerprint density at radius 2 is 1.05 bits per heavy atom. The third kappa shape index (κ3) is 8.10. The topological polar surface area (TPSA) is 72.5 Å². The first-order valence-corrected chi connectivity index (χ1v) is 17.8. The van der Waals surface area contributed by atoms with Crippen molar-refractivity contribution in [1.82, 2.24) is 4.72 Å². The van der Waals surface area contributed by atoms with Crippen LogP contribution >= 0.6 is 7.26 Å². The van der Waals surface area contributed by atoms with Crippen molar-refractivity contribution in [1.29, 1.82) is 0 Å². The highest BCUT2D eigenvalue weighted by Gasteiger charge is 2.44. The van der Waals surface area contributed by atoms with Gasteiger partial charge in [0.1, 0.15) is 23.2 Å². The summed E-state index contributed by atoms with van der Waals surface area (Å²) in [6.07, 6.45) is 1.47. The molecule has 0 amide bonds. The molecule has 0 saturated carbocycles. The maximum atomic E-state index is 12.8. The lowest BCUT2D eigenvalue weighted by Gasteiger charge is -2.27. The Hall–Kier alpha value is -3.61. The van der Waals surface area contributed by atoms with E-state index >= 15 is 0 Å². The summed E-state index contributed by atoms with van der Waals surface area (Å²) in [5, 5.41) is 3.85. The summed E-state index contributed by atoms with van der Waals surface area (Å²) < 4.78 is 33.6. The van der Waals surface area contributed by atoms with E-state index in [1.54, 1.807) is 24.3 Å². The van der Waals surface area contributed by atoms with E-state index in [2.05, 4.69) is 77.5 Å². The number of carbonyl (C=O) groups excluding carboxylic acids is 1. The van der Waals surface area contributed by atoms with Crippen molar-refractivity contribution >= 4 is 39.2 Å². The molecule has 0 fully saturated rings. The summed E-state index contributed by atoms with van der Waals surface area (Å²) in [5.41, 5.74) is 1.94. The third-order valence-corrected chi connectivity index (χ3v) is 13.4. The Morgan fingerprint density at radius 1 is 0.614 bits per heavy atom. The molecule has 0 aliphatic rings. The average molecular weight is 689 g/mol. The van der Waals surface area contributed by atoms with Gasteiger partial charge in [0.05, 0.1) is 24.1 Å². The van der Waals surface area contributed by atoms with Gasteiger partial charge < -0.3 is 21.7 Å². The van der Waals surface area contributed by atoms with Crippen molar-refractivity contribution in [3.8, 4) is 11.1 Å². The van der Waals surface area contributed by atoms with Crippen molar-refractivity contribution in [3.05, 3.63) is 146 Å². The molecule has 0 aromatic heterocycles. The van der Waals surface area contributed by atoms with E-state index in [1.807, 2.05) is 48.5 Å². The summed E-state index contributed by atoms with van der Waals surface area (Å²) in [7, 11) is -5.74. The molecule has 5 aromatic carbocycles. The standard InChI is InChI=1S/C36H35NO4PS.BrH/c38-36(26-27-37-43(39,40)35-24-22-31(23-25-35)30-14-5-1-6-15-30)41-28-13-29-42(32-16-7-2-8-17-32,33-18-9-3-10-19-33)34-20-11-4-12-21-34;/h1-12,14-25,37H,13,26-29H2;1H/q+1;/p-1. The number of hydrogen-bond acceptors (Lipinski definition) is 4. The zero-order valence-electron chi connectivity index (χ0n) is 24.3. The van der Waals surface area contributed by atoms with Gasteiger partial charge in [0.25, 0.3) is 0 Å². The second kappa shape index (κ2) is 15.9. The Bertz CT molecular complexity index is 1610. The highest BCUT2D eigenvalue weighted by molar-refractivity contribution is 7.95. The Kier molecular flexibility index (Phi) is 12.0. The first-order chi connectivity index (χ1) is 21.0. The van der Waals surface area contributed by atoms with Gasteiger partial charge in [0.2, 0.25) is 10.0 Å². The fourth-order valence-electron chi connectivity index (χ4n) is 5.27. The van der Waals surface area contributed by atoms with E-state index in [9.17, 15) is 13.2 Å². The number of rotatable bonds is 13. The zero-order valence-corrected chi connectivity index (χ0v) is 27.6. The Morgan fingerprint density at radius 3 is 1.52 bits per heavy atom. The summed E-state index contributed by atoms with van der Waals surface area (Å²) in [6, 6.07) is 48.2. The first-order valence-electron chi connectivity index (χ1n) is 14.3. The number of benzene rings is 5. The molecule has 0 atom stereocenters. The molecule has 8 heteroatoms. The molecular weight excluding hydrogens is 653 g/mol. The van der Waals surface area contributed by atoms with Crippen LogP contribution in [0.25, 0.3) is 11.1 Å². The predicted octanol–water partition coefficient (Wildman–Crippen LogP) is 2.95. The van der Waals surface area contributed by atoms with Gasteiger partial charge >= 0.3 is 5.97 Å². The Balaban J connectivity index is 0.00000442. The van der Waals surface area contributed by atoms with E-state index in [0.717, 1.165) is 17.3 Å². The van der Waals surface area contributed by atoms with Crippen molar-refractivity contribution in [2.75, 3.05) is 19.3 Å². The van der Waals surface area contributed by atoms with Crippen LogP contribution in [0.1, 0.15) is 12.8 Å². The lowest BCUT2D eigenvalue weighted by atomic mass is 10.1. The van der Waals surface area contributed by atoms with Gasteiger partial charge in [-0.2, -0.15) is 0 Å². The fourth-order valence-corrected chi connectivity index (χ4v) is 10.6. The SMILES string of the molecule is O=C(CCNS(=O)(=O)c1ccc(-c2ccccc2)cc1)OCCC[P+](c1ccccc1)(c1ccccc1)c1ccccc1.[Br-]. The lowest BCUT2D eigenvalue weighted by molar-refractivity contribution is -0.143. The van der Waals surface area contributed by atoms with Crippen molar-refractivity contribution in [2.24, 2.45) is 0 Å². The molecule has 44 heavy (non-hydrogen) atoms. The quantitative estimate of drug-likeness (QED) is 0.117. The van der Waals surface area contributed by atoms with Crippen molar-refractivity contribution in [3.63, 3.8) is 0 Å². The molecule has 1 N–H and O–H groups in total. The van der Waals surface area contributed by atoms with E-state index in [4.69, 9.17) is 4.74 Å². The van der Waals surface area contributed by atoms with Gasteiger partial charge in [-0.1, -0.05) is 97.1 Å². The molecule has 0 spiro atoms. The van der Waals surface area contributed by atoms with Gasteiger partial charge in [0.15, 0.2) is 0 Å². The largest absolute Gasteiger partial charge is 1.00 e. The normalized spacial score (nSPS) is 11.4. The van der Waals surface area contributed by atoms with Crippen LogP contribution in [0.15, 0.2) is 150 Å². The molecule has 0 unspecified atom stereocenters. The smallest absolute Gasteiger partial charge is 0.307 e. The van der Waals surface area contributed by atoms with Crippen LogP contribution in [0.4, 0.5) is 0 Å². The van der Waals surface area contributed by atoms with Gasteiger partial charge in [-0.05, 0) is 59.7 Å². The van der Waals surface area contributed by atoms with E-state index < -0.39 is 23.3 Å². The van der Waals surface area contributed by atoms with Gasteiger partial charge in [-0.15, -0.1) is 0 Å². The van der Waals surface area contributed by atoms with Crippen LogP contribution in [0.2, 0.25) is 0 Å². The minimum atomic E-state index is -3.74. The number of nitrogens with one attached hydrogen (secondary N) is 1. The first kappa shape index (κ1) is 33.3. The van der Waals surface area contributed by atoms with E-state index in [0.29, 0.717) is 6.42 Å². The average Bonchev–Trinajstić information content (AvgIpc) is 3.06. The monoisotopic (exact) mass is 687 g/mol. The fraction of sp³-hybridized carbons (Fsp3) is 0.139. The van der Waals surface area contributed by atoms with Crippen molar-refractivity contribution < 1.29 is 34.9 Å². The van der Waals surface area contributed by atoms with Crippen LogP contribution in [0.3, 0.4) is 0 Å². The molecule has 0 aliphatic carbocycles. The molecule has 5 rings (SSSR count).